The van der Waals surface area contributed by atoms with Gasteiger partial charge in [0.2, 0.25) is 11.8 Å². The summed E-state index contributed by atoms with van der Waals surface area (Å²) in [5.41, 5.74) is 0. The highest BCUT2D eigenvalue weighted by Gasteiger charge is 2.18. The molecule has 0 radical (unpaired) electrons. The number of hydrogen-bond acceptors (Lipinski definition) is 6. The molecule has 0 aliphatic rings. The number of allylic oxidation sites excluding steroid dienone is 3. The normalized spacial score (nSPS) is 12.7. The summed E-state index contributed by atoms with van der Waals surface area (Å²) >= 11 is 0. The minimum absolute atomic E-state index is 0.125. The maximum absolute atomic E-state index is 12.7. The molecule has 0 heterocycles. The Kier molecular flexibility index (Phi) is 35.1. The molecule has 0 spiro atoms. The standard InChI is InChI=1S/C42H76N2O7/c1-3-5-7-9-11-13-14-15-16-17-18-19-20-22-24-30-34-41(48)51-37(31-27-23-21-12-10-8-6-4-2)32-28-25-26-29-33-39(46)43-35-40(47)44-38(36-45)42(49)50/h12,21,27,31,37-38,45H,3-11,13-20,22-26,28-30,32-36H2,1-2H3,(H,43,46)(H,44,47)(H,49,50)/b21-12-,31-27-. The van der Waals surface area contributed by atoms with Crippen LogP contribution in [0.5, 0.6) is 0 Å². The molecule has 0 aromatic heterocycles. The Bertz CT molecular complexity index is 921. The molecule has 0 aliphatic carbocycles. The van der Waals surface area contributed by atoms with E-state index in [9.17, 15) is 19.2 Å². The van der Waals surface area contributed by atoms with E-state index in [0.717, 1.165) is 51.4 Å². The summed E-state index contributed by atoms with van der Waals surface area (Å²) < 4.78 is 5.88. The molecule has 2 unspecified atom stereocenters. The molecule has 0 saturated carbocycles. The van der Waals surface area contributed by atoms with Crippen LogP contribution in [0.15, 0.2) is 24.3 Å². The summed E-state index contributed by atoms with van der Waals surface area (Å²) in [7, 11) is 0. The van der Waals surface area contributed by atoms with Crippen molar-refractivity contribution in [2.45, 2.75) is 206 Å². The molecule has 51 heavy (non-hydrogen) atoms. The van der Waals surface area contributed by atoms with E-state index in [1.54, 1.807) is 0 Å². The monoisotopic (exact) mass is 721 g/mol. The van der Waals surface area contributed by atoms with E-state index in [1.807, 2.05) is 6.08 Å². The van der Waals surface area contributed by atoms with Crippen LogP contribution in [0.3, 0.4) is 0 Å². The van der Waals surface area contributed by atoms with Crippen molar-refractivity contribution < 1.29 is 34.1 Å². The maximum Gasteiger partial charge on any atom is 0.328 e. The number of rotatable bonds is 37. The summed E-state index contributed by atoms with van der Waals surface area (Å²) in [5, 5.41) is 22.5. The third kappa shape index (κ3) is 34.2. The number of unbranched alkanes of at least 4 members (excludes halogenated alkanes) is 21. The minimum Gasteiger partial charge on any atom is -0.480 e. The first-order valence-electron chi connectivity index (χ1n) is 20.7. The van der Waals surface area contributed by atoms with Crippen molar-refractivity contribution in [1.29, 1.82) is 0 Å². The molecular formula is C42H76N2O7. The van der Waals surface area contributed by atoms with Gasteiger partial charge in [-0.2, -0.15) is 0 Å². The van der Waals surface area contributed by atoms with Crippen LogP contribution in [0.25, 0.3) is 0 Å². The molecular weight excluding hydrogens is 644 g/mol. The van der Waals surface area contributed by atoms with Gasteiger partial charge >= 0.3 is 11.9 Å². The van der Waals surface area contributed by atoms with E-state index >= 15 is 0 Å². The smallest absolute Gasteiger partial charge is 0.328 e. The highest BCUT2D eigenvalue weighted by atomic mass is 16.5. The third-order valence-corrected chi connectivity index (χ3v) is 9.19. The highest BCUT2D eigenvalue weighted by Crippen LogP contribution is 2.16. The second-order valence-corrected chi connectivity index (χ2v) is 14.1. The first-order chi connectivity index (χ1) is 24.8. The molecule has 4 N–H and O–H groups in total. The summed E-state index contributed by atoms with van der Waals surface area (Å²) in [5.74, 6) is -2.41. The number of carboxylic acids is 1. The number of carboxylic acid groups (broad SMARTS) is 1. The fraction of sp³-hybridized carbons (Fsp3) is 0.810. The molecule has 0 aromatic carbocycles. The number of amides is 2. The Morgan fingerprint density at radius 3 is 1.67 bits per heavy atom. The van der Waals surface area contributed by atoms with Crippen LogP contribution in [0, 0.1) is 0 Å². The summed E-state index contributed by atoms with van der Waals surface area (Å²) in [6, 6.07) is -1.39. The van der Waals surface area contributed by atoms with Crippen LogP contribution in [-0.4, -0.2) is 59.3 Å². The van der Waals surface area contributed by atoms with Crippen molar-refractivity contribution in [2.75, 3.05) is 13.2 Å². The van der Waals surface area contributed by atoms with Gasteiger partial charge in [-0.05, 0) is 51.0 Å². The Morgan fingerprint density at radius 2 is 1.12 bits per heavy atom. The van der Waals surface area contributed by atoms with Gasteiger partial charge in [0.25, 0.3) is 0 Å². The lowest BCUT2D eigenvalue weighted by Crippen LogP contribution is -2.47. The van der Waals surface area contributed by atoms with Crippen molar-refractivity contribution in [3.8, 4) is 0 Å². The fourth-order valence-corrected chi connectivity index (χ4v) is 5.96. The first kappa shape index (κ1) is 48.3. The zero-order valence-corrected chi connectivity index (χ0v) is 32.6. The van der Waals surface area contributed by atoms with Crippen LogP contribution in [-0.2, 0) is 23.9 Å². The van der Waals surface area contributed by atoms with Gasteiger partial charge in [0, 0.05) is 12.8 Å². The summed E-state index contributed by atoms with van der Waals surface area (Å²) in [6.07, 6.45) is 39.4. The van der Waals surface area contributed by atoms with Gasteiger partial charge in [0.05, 0.1) is 13.2 Å². The Labute approximate surface area is 311 Å². The molecule has 0 fully saturated rings. The minimum atomic E-state index is -1.39. The van der Waals surface area contributed by atoms with Gasteiger partial charge in [-0.1, -0.05) is 154 Å². The molecule has 296 valence electrons. The van der Waals surface area contributed by atoms with Crippen LogP contribution >= 0.6 is 0 Å². The van der Waals surface area contributed by atoms with E-state index in [1.165, 1.54) is 109 Å². The predicted molar refractivity (Wildman–Crippen MR) is 208 cm³/mol. The van der Waals surface area contributed by atoms with Crippen molar-refractivity contribution in [3.05, 3.63) is 24.3 Å². The molecule has 9 heteroatoms. The topological polar surface area (TPSA) is 142 Å². The van der Waals surface area contributed by atoms with Crippen molar-refractivity contribution >= 4 is 23.8 Å². The lowest BCUT2D eigenvalue weighted by molar-refractivity contribution is -0.147. The predicted octanol–water partition coefficient (Wildman–Crippen LogP) is 9.65. The highest BCUT2D eigenvalue weighted by molar-refractivity contribution is 5.87. The molecule has 9 nitrogen and oxygen atoms in total. The number of nitrogens with one attached hydrogen (secondary N) is 2. The molecule has 2 amide bonds. The Hall–Kier alpha value is -2.68. The number of esters is 1. The Morgan fingerprint density at radius 1 is 0.608 bits per heavy atom. The van der Waals surface area contributed by atoms with Gasteiger partial charge in [0.15, 0.2) is 0 Å². The van der Waals surface area contributed by atoms with Crippen LogP contribution in [0.2, 0.25) is 0 Å². The molecule has 0 aliphatic heterocycles. The van der Waals surface area contributed by atoms with Crippen molar-refractivity contribution in [3.63, 3.8) is 0 Å². The van der Waals surface area contributed by atoms with Crippen LogP contribution in [0.4, 0.5) is 0 Å². The van der Waals surface area contributed by atoms with E-state index in [4.69, 9.17) is 14.9 Å². The van der Waals surface area contributed by atoms with Crippen LogP contribution < -0.4 is 10.6 Å². The Balaban J connectivity index is 4.25. The number of aliphatic carboxylic acids is 1. The molecule has 2 atom stereocenters. The molecule has 0 aromatic rings. The van der Waals surface area contributed by atoms with Gasteiger partial charge in [-0.25, -0.2) is 4.79 Å². The average Bonchev–Trinajstić information content (AvgIpc) is 3.11. The van der Waals surface area contributed by atoms with Gasteiger partial charge in [-0.3, -0.25) is 14.4 Å². The second-order valence-electron chi connectivity index (χ2n) is 14.1. The number of hydrogen-bond donors (Lipinski definition) is 4. The number of carbonyl (C=O) groups is 4. The average molecular weight is 721 g/mol. The zero-order chi connectivity index (χ0) is 37.6. The lowest BCUT2D eigenvalue weighted by Gasteiger charge is -2.15. The molecule has 0 bridgehead atoms. The quantitative estimate of drug-likeness (QED) is 0.0284. The van der Waals surface area contributed by atoms with Gasteiger partial charge in [0.1, 0.15) is 12.1 Å². The molecule has 0 saturated heterocycles. The first-order valence-corrected chi connectivity index (χ1v) is 20.7. The van der Waals surface area contributed by atoms with Crippen molar-refractivity contribution in [1.82, 2.24) is 10.6 Å². The molecule has 0 rings (SSSR count). The number of carbonyl (C=O) groups excluding carboxylic acids is 3. The third-order valence-electron chi connectivity index (χ3n) is 9.19. The number of aliphatic hydroxyl groups is 1. The van der Waals surface area contributed by atoms with E-state index in [0.29, 0.717) is 12.8 Å². The summed E-state index contributed by atoms with van der Waals surface area (Å²) in [4.78, 5) is 47.4. The van der Waals surface area contributed by atoms with Crippen molar-refractivity contribution in [2.24, 2.45) is 0 Å². The van der Waals surface area contributed by atoms with Gasteiger partial charge < -0.3 is 25.6 Å². The lowest BCUT2D eigenvalue weighted by atomic mass is 10.0. The van der Waals surface area contributed by atoms with Gasteiger partial charge in [-0.15, -0.1) is 0 Å². The summed E-state index contributed by atoms with van der Waals surface area (Å²) in [6.45, 7) is 3.42. The largest absolute Gasteiger partial charge is 0.480 e. The number of ether oxygens (including phenoxy) is 1. The van der Waals surface area contributed by atoms with Crippen LogP contribution in [0.1, 0.15) is 194 Å². The number of aliphatic hydroxyl groups excluding tert-OH is 1. The van der Waals surface area contributed by atoms with E-state index in [-0.39, 0.29) is 30.9 Å². The second kappa shape index (κ2) is 37.1. The SMILES string of the molecule is CCCCC/C=C\C/C=C\C(CCCCCCC(=O)NCC(=O)NC(CO)C(=O)O)OC(=O)CCCCCCCCCCCCCCCCCC. The van der Waals surface area contributed by atoms with E-state index in [2.05, 4.69) is 42.7 Å². The fourth-order valence-electron chi connectivity index (χ4n) is 5.96. The van der Waals surface area contributed by atoms with E-state index < -0.39 is 24.5 Å². The maximum atomic E-state index is 12.7. The zero-order valence-electron chi connectivity index (χ0n) is 32.6.